The monoisotopic (exact) mass is 530 g/mol. The summed E-state index contributed by atoms with van der Waals surface area (Å²) in [6.45, 7) is 3.94. The van der Waals surface area contributed by atoms with E-state index in [4.69, 9.17) is 11.6 Å². The molecule has 0 radical (unpaired) electrons. The lowest BCUT2D eigenvalue weighted by atomic mass is 10.2. The number of halogens is 2. The van der Waals surface area contributed by atoms with Crippen molar-refractivity contribution in [2.24, 2.45) is 5.10 Å². The molecule has 10 heteroatoms. The number of non-ortho nitro benzene ring substituents is 1. The zero-order chi connectivity index (χ0) is 23.0. The van der Waals surface area contributed by atoms with Crippen LogP contribution in [-0.2, 0) is 0 Å². The van der Waals surface area contributed by atoms with E-state index < -0.39 is 4.92 Å². The number of thiophene rings is 1. The van der Waals surface area contributed by atoms with Crippen molar-refractivity contribution in [2.45, 2.75) is 13.8 Å². The molecule has 32 heavy (non-hydrogen) atoms. The van der Waals surface area contributed by atoms with Crippen molar-refractivity contribution in [3.8, 4) is 5.69 Å². The van der Waals surface area contributed by atoms with Crippen LogP contribution in [0.4, 0.5) is 5.69 Å². The Kier molecular flexibility index (Phi) is 6.14. The van der Waals surface area contributed by atoms with Crippen molar-refractivity contribution in [1.82, 2.24) is 9.99 Å². The predicted octanol–water partition coefficient (Wildman–Crippen LogP) is 6.40. The van der Waals surface area contributed by atoms with Crippen LogP contribution in [0.1, 0.15) is 26.6 Å². The van der Waals surface area contributed by atoms with Crippen molar-refractivity contribution in [2.75, 3.05) is 0 Å². The first kappa shape index (κ1) is 22.2. The largest absolute Gasteiger partial charge is 0.318 e. The van der Waals surface area contributed by atoms with E-state index >= 15 is 0 Å². The Morgan fingerprint density at radius 3 is 2.72 bits per heavy atom. The molecule has 0 aliphatic rings. The molecule has 162 valence electrons. The molecule has 1 N–H and O–H groups in total. The van der Waals surface area contributed by atoms with Gasteiger partial charge in [-0.2, -0.15) is 5.10 Å². The molecule has 0 aliphatic heterocycles. The molecule has 4 aromatic rings. The number of amides is 1. The van der Waals surface area contributed by atoms with E-state index in [1.807, 2.05) is 38.1 Å². The third-order valence-electron chi connectivity index (χ3n) is 4.94. The van der Waals surface area contributed by atoms with Crippen molar-refractivity contribution >= 4 is 66.8 Å². The van der Waals surface area contributed by atoms with Gasteiger partial charge in [-0.15, -0.1) is 11.3 Å². The molecule has 0 atom stereocenters. The van der Waals surface area contributed by atoms with Gasteiger partial charge >= 0.3 is 0 Å². The first-order chi connectivity index (χ1) is 15.2. The minimum Gasteiger partial charge on any atom is -0.318 e. The van der Waals surface area contributed by atoms with Gasteiger partial charge in [0.2, 0.25) is 0 Å². The van der Waals surface area contributed by atoms with E-state index in [-0.39, 0.29) is 11.6 Å². The third-order valence-corrected chi connectivity index (χ3v) is 7.28. The van der Waals surface area contributed by atoms with E-state index in [9.17, 15) is 14.9 Å². The van der Waals surface area contributed by atoms with Gasteiger partial charge in [0, 0.05) is 49.3 Å². The predicted molar refractivity (Wildman–Crippen MR) is 131 cm³/mol. The Morgan fingerprint density at radius 2 is 2.00 bits per heavy atom. The minimum atomic E-state index is -0.459. The second-order valence-electron chi connectivity index (χ2n) is 7.05. The number of aromatic nitrogens is 1. The summed E-state index contributed by atoms with van der Waals surface area (Å²) in [5.74, 6) is -0.376. The Bertz CT molecular complexity index is 1410. The Hall–Kier alpha value is -3.01. The standard InChI is InChI=1S/C22H16BrClN4O3S/c1-12-7-15(13(2)27(12)16-3-5-18(23)19(24)10-16)11-25-26-22(29)21-9-14-8-17(28(30)31)4-6-20(14)32-21/h3-11H,1-2H3,(H,26,29)/b25-11-. The second kappa shape index (κ2) is 8.85. The van der Waals surface area contributed by atoms with Gasteiger partial charge in [0.1, 0.15) is 0 Å². The number of rotatable bonds is 5. The number of benzene rings is 2. The number of aryl methyl sites for hydroxylation is 1. The summed E-state index contributed by atoms with van der Waals surface area (Å²) >= 11 is 10.9. The van der Waals surface area contributed by atoms with Crippen LogP contribution in [0, 0.1) is 24.0 Å². The first-order valence-electron chi connectivity index (χ1n) is 9.40. The summed E-state index contributed by atoms with van der Waals surface area (Å²) in [5, 5.41) is 16.3. The van der Waals surface area contributed by atoms with Crippen molar-refractivity contribution in [3.63, 3.8) is 0 Å². The van der Waals surface area contributed by atoms with Gasteiger partial charge in [-0.3, -0.25) is 14.9 Å². The maximum Gasteiger partial charge on any atom is 0.281 e. The highest BCUT2D eigenvalue weighted by Gasteiger charge is 2.14. The van der Waals surface area contributed by atoms with Gasteiger partial charge in [0.15, 0.2) is 0 Å². The minimum absolute atomic E-state index is 0.0114. The molecule has 2 heterocycles. The van der Waals surface area contributed by atoms with Gasteiger partial charge in [-0.25, -0.2) is 5.43 Å². The van der Waals surface area contributed by atoms with Crippen LogP contribution >= 0.6 is 38.9 Å². The molecule has 0 unspecified atom stereocenters. The van der Waals surface area contributed by atoms with Crippen molar-refractivity contribution in [3.05, 3.63) is 90.0 Å². The van der Waals surface area contributed by atoms with E-state index in [1.54, 1.807) is 18.3 Å². The number of hydrogen-bond donors (Lipinski definition) is 1. The lowest BCUT2D eigenvalue weighted by molar-refractivity contribution is -0.384. The van der Waals surface area contributed by atoms with Crippen LogP contribution in [0.2, 0.25) is 5.02 Å². The number of nitrogens with one attached hydrogen (secondary N) is 1. The molecule has 7 nitrogen and oxygen atoms in total. The maximum atomic E-state index is 12.5. The zero-order valence-electron chi connectivity index (χ0n) is 16.9. The van der Waals surface area contributed by atoms with Crippen LogP contribution < -0.4 is 5.43 Å². The summed E-state index contributed by atoms with van der Waals surface area (Å²) in [6.07, 6.45) is 1.59. The summed E-state index contributed by atoms with van der Waals surface area (Å²) in [6, 6.07) is 13.8. The van der Waals surface area contributed by atoms with Gasteiger partial charge < -0.3 is 4.57 Å². The molecule has 0 bridgehead atoms. The Morgan fingerprint density at radius 1 is 1.22 bits per heavy atom. The third kappa shape index (κ3) is 4.32. The number of hydrazone groups is 1. The summed E-state index contributed by atoms with van der Waals surface area (Å²) < 4.78 is 3.67. The highest BCUT2D eigenvalue weighted by atomic mass is 79.9. The first-order valence-corrected chi connectivity index (χ1v) is 11.4. The molecule has 0 aliphatic carbocycles. The average Bonchev–Trinajstić information content (AvgIpc) is 3.30. The SMILES string of the molecule is Cc1cc(/C=N\NC(=O)c2cc3cc([N+](=O)[O-])ccc3s2)c(C)n1-c1ccc(Br)c(Cl)c1. The van der Waals surface area contributed by atoms with Gasteiger partial charge in [0.05, 0.1) is 21.0 Å². The highest BCUT2D eigenvalue weighted by molar-refractivity contribution is 9.10. The second-order valence-corrected chi connectivity index (χ2v) is 9.39. The fraction of sp³-hybridized carbons (Fsp3) is 0.0909. The maximum absolute atomic E-state index is 12.5. The van der Waals surface area contributed by atoms with E-state index in [1.165, 1.54) is 23.5 Å². The molecule has 0 fully saturated rings. The van der Waals surface area contributed by atoms with Crippen LogP contribution in [-0.4, -0.2) is 21.6 Å². The number of carbonyl (C=O) groups excluding carboxylic acids is 1. The highest BCUT2D eigenvalue weighted by Crippen LogP contribution is 2.29. The molecular formula is C22H16BrClN4O3S. The smallest absolute Gasteiger partial charge is 0.281 e. The van der Waals surface area contributed by atoms with E-state index in [2.05, 4.69) is 31.0 Å². The number of fused-ring (bicyclic) bond motifs is 1. The Labute approximate surface area is 200 Å². The van der Waals surface area contributed by atoms with E-state index in [0.717, 1.165) is 31.8 Å². The van der Waals surface area contributed by atoms with Crippen LogP contribution in [0.15, 0.2) is 58.1 Å². The number of carbonyl (C=O) groups is 1. The Balaban J connectivity index is 1.53. The average molecular weight is 532 g/mol. The fourth-order valence-corrected chi connectivity index (χ4v) is 4.77. The molecule has 1 amide bonds. The summed E-state index contributed by atoms with van der Waals surface area (Å²) in [5.41, 5.74) is 6.25. The molecule has 4 rings (SSSR count). The molecule has 0 spiro atoms. The summed E-state index contributed by atoms with van der Waals surface area (Å²) in [7, 11) is 0. The number of hydrogen-bond acceptors (Lipinski definition) is 5. The zero-order valence-corrected chi connectivity index (χ0v) is 20.1. The molecular weight excluding hydrogens is 516 g/mol. The quantitative estimate of drug-likeness (QED) is 0.184. The lowest BCUT2D eigenvalue weighted by Gasteiger charge is -2.10. The fourth-order valence-electron chi connectivity index (χ4n) is 3.41. The topological polar surface area (TPSA) is 89.5 Å². The van der Waals surface area contributed by atoms with Crippen LogP contribution in [0.3, 0.4) is 0 Å². The molecule has 0 saturated carbocycles. The van der Waals surface area contributed by atoms with Gasteiger partial charge in [0.25, 0.3) is 11.6 Å². The van der Waals surface area contributed by atoms with Gasteiger partial charge in [-0.05, 0) is 66.2 Å². The molecule has 2 aromatic carbocycles. The lowest BCUT2D eigenvalue weighted by Crippen LogP contribution is -2.16. The van der Waals surface area contributed by atoms with Gasteiger partial charge in [-0.1, -0.05) is 11.6 Å². The van der Waals surface area contributed by atoms with Crippen LogP contribution in [0.5, 0.6) is 0 Å². The number of nitro groups is 1. The van der Waals surface area contributed by atoms with Crippen molar-refractivity contribution in [1.29, 1.82) is 0 Å². The normalized spacial score (nSPS) is 11.4. The number of nitrogens with zero attached hydrogens (tertiary/aromatic N) is 3. The van der Waals surface area contributed by atoms with E-state index in [0.29, 0.717) is 15.3 Å². The van der Waals surface area contributed by atoms with Crippen molar-refractivity contribution < 1.29 is 9.72 Å². The van der Waals surface area contributed by atoms with Crippen LogP contribution in [0.25, 0.3) is 15.8 Å². The number of nitro benzene ring substituents is 1. The molecule has 2 aromatic heterocycles. The molecule has 0 saturated heterocycles. The summed E-state index contributed by atoms with van der Waals surface area (Å²) in [4.78, 5) is 23.4.